The zero-order valence-electron chi connectivity index (χ0n) is 19.1. The highest BCUT2D eigenvalue weighted by Crippen LogP contribution is 2.31. The first-order valence-corrected chi connectivity index (χ1v) is 11.2. The van der Waals surface area contributed by atoms with Gasteiger partial charge in [0.15, 0.2) is 0 Å². The molecular formula is C27H27N5O. The van der Waals surface area contributed by atoms with Crippen LogP contribution in [0.2, 0.25) is 0 Å². The summed E-state index contributed by atoms with van der Waals surface area (Å²) in [5.74, 6) is 0.641. The van der Waals surface area contributed by atoms with Crippen molar-refractivity contribution in [2.75, 3.05) is 11.6 Å². The van der Waals surface area contributed by atoms with Crippen molar-refractivity contribution in [2.45, 2.75) is 26.3 Å². The second kappa shape index (κ2) is 8.54. The van der Waals surface area contributed by atoms with Gasteiger partial charge < -0.3 is 0 Å². The third kappa shape index (κ3) is 4.00. The molecule has 5 rings (SSSR count). The first-order valence-electron chi connectivity index (χ1n) is 11.2. The van der Waals surface area contributed by atoms with Gasteiger partial charge in [0.1, 0.15) is 0 Å². The monoisotopic (exact) mass is 437 g/mol. The Morgan fingerprint density at radius 1 is 0.909 bits per heavy atom. The molecule has 6 nitrogen and oxygen atoms in total. The van der Waals surface area contributed by atoms with Crippen LogP contribution in [0, 0.1) is 13.8 Å². The number of rotatable bonds is 5. The van der Waals surface area contributed by atoms with Gasteiger partial charge in [-0.05, 0) is 36.1 Å². The fourth-order valence-corrected chi connectivity index (χ4v) is 4.31. The Bertz CT molecular complexity index is 1370. The van der Waals surface area contributed by atoms with Crippen LogP contribution in [0.25, 0.3) is 0 Å². The lowest BCUT2D eigenvalue weighted by Crippen LogP contribution is -2.25. The number of nitrogens with zero attached hydrogens (tertiary/aromatic N) is 5. The minimum atomic E-state index is -0.150. The van der Waals surface area contributed by atoms with E-state index in [4.69, 9.17) is 5.10 Å². The van der Waals surface area contributed by atoms with Gasteiger partial charge in [-0.15, -0.1) is 5.10 Å². The first kappa shape index (κ1) is 20.9. The van der Waals surface area contributed by atoms with Crippen molar-refractivity contribution < 1.29 is 0 Å². The van der Waals surface area contributed by atoms with Crippen LogP contribution in [0.1, 0.15) is 33.7 Å². The Labute approximate surface area is 193 Å². The summed E-state index contributed by atoms with van der Waals surface area (Å²) in [5.41, 5.74) is 6.55. The van der Waals surface area contributed by atoms with E-state index in [0.717, 1.165) is 22.4 Å². The average Bonchev–Trinajstić information content (AvgIpc) is 3.39. The maximum Gasteiger partial charge on any atom is 0.347 e. The van der Waals surface area contributed by atoms with Gasteiger partial charge in [0, 0.05) is 13.0 Å². The Morgan fingerprint density at radius 2 is 1.61 bits per heavy atom. The van der Waals surface area contributed by atoms with E-state index < -0.39 is 0 Å². The molecule has 0 N–H and O–H groups in total. The summed E-state index contributed by atoms with van der Waals surface area (Å²) in [5, 5.41) is 11.5. The molecule has 1 aliphatic heterocycles. The Hall–Kier alpha value is -3.93. The van der Waals surface area contributed by atoms with Gasteiger partial charge in [-0.3, -0.25) is 4.57 Å². The van der Waals surface area contributed by atoms with E-state index in [-0.39, 0.29) is 11.6 Å². The van der Waals surface area contributed by atoms with Gasteiger partial charge in [-0.1, -0.05) is 84.4 Å². The molecule has 0 bridgehead atoms. The van der Waals surface area contributed by atoms with Crippen molar-refractivity contribution in [3.05, 3.63) is 117 Å². The van der Waals surface area contributed by atoms with Crippen LogP contribution in [-0.2, 0) is 13.6 Å². The van der Waals surface area contributed by atoms with Crippen LogP contribution in [0.15, 0.2) is 88.8 Å². The molecule has 0 aliphatic carbocycles. The molecule has 1 atom stereocenters. The SMILES string of the molecule is Cc1ccc(C2=NN(c3nn(Cc4ccccc4C)c(=O)n3C)CC2c2ccccc2)cc1. The average molecular weight is 438 g/mol. The maximum atomic E-state index is 13.0. The van der Waals surface area contributed by atoms with Crippen molar-refractivity contribution in [1.82, 2.24) is 14.3 Å². The van der Waals surface area contributed by atoms with E-state index in [1.54, 1.807) is 11.6 Å². The predicted molar refractivity (Wildman–Crippen MR) is 132 cm³/mol. The Balaban J connectivity index is 1.53. The normalized spacial score (nSPS) is 15.7. The van der Waals surface area contributed by atoms with Gasteiger partial charge in [0.05, 0.1) is 18.8 Å². The molecule has 0 radical (unpaired) electrons. The van der Waals surface area contributed by atoms with Crippen LogP contribution < -0.4 is 10.7 Å². The fourth-order valence-electron chi connectivity index (χ4n) is 4.31. The summed E-state index contributed by atoms with van der Waals surface area (Å²) in [6.45, 7) is 5.19. The van der Waals surface area contributed by atoms with E-state index in [1.807, 2.05) is 42.3 Å². The second-order valence-electron chi connectivity index (χ2n) is 8.62. The number of aryl methyl sites for hydroxylation is 2. The summed E-state index contributed by atoms with van der Waals surface area (Å²) in [6, 6.07) is 26.9. The summed E-state index contributed by atoms with van der Waals surface area (Å²) in [7, 11) is 1.76. The lowest BCUT2D eigenvalue weighted by molar-refractivity contribution is 0.643. The zero-order valence-corrected chi connectivity index (χ0v) is 19.1. The number of hydrogen-bond acceptors (Lipinski definition) is 4. The van der Waals surface area contributed by atoms with E-state index in [2.05, 4.69) is 60.6 Å². The van der Waals surface area contributed by atoms with Crippen molar-refractivity contribution >= 4 is 11.7 Å². The minimum absolute atomic E-state index is 0.0884. The second-order valence-corrected chi connectivity index (χ2v) is 8.62. The van der Waals surface area contributed by atoms with Crippen molar-refractivity contribution in [3.8, 4) is 0 Å². The quantitative estimate of drug-likeness (QED) is 0.469. The van der Waals surface area contributed by atoms with E-state index in [9.17, 15) is 4.79 Å². The van der Waals surface area contributed by atoms with Gasteiger partial charge >= 0.3 is 5.69 Å². The van der Waals surface area contributed by atoms with Crippen LogP contribution in [0.5, 0.6) is 0 Å². The van der Waals surface area contributed by atoms with Crippen molar-refractivity contribution in [1.29, 1.82) is 0 Å². The highest BCUT2D eigenvalue weighted by Gasteiger charge is 2.32. The van der Waals surface area contributed by atoms with Gasteiger partial charge in [0.2, 0.25) is 5.95 Å². The van der Waals surface area contributed by atoms with Gasteiger partial charge in [-0.2, -0.15) is 5.10 Å². The predicted octanol–water partition coefficient (Wildman–Crippen LogP) is 4.26. The van der Waals surface area contributed by atoms with Crippen LogP contribution in [-0.4, -0.2) is 26.6 Å². The van der Waals surface area contributed by atoms with Crippen LogP contribution in [0.4, 0.5) is 5.95 Å². The number of hydrogen-bond donors (Lipinski definition) is 0. The Kier molecular flexibility index (Phi) is 5.42. The molecule has 2 heterocycles. The lowest BCUT2D eigenvalue weighted by atomic mass is 9.90. The summed E-state index contributed by atoms with van der Waals surface area (Å²) < 4.78 is 3.11. The van der Waals surface area contributed by atoms with Gasteiger partial charge in [-0.25, -0.2) is 14.5 Å². The van der Waals surface area contributed by atoms with Crippen LogP contribution in [0.3, 0.4) is 0 Å². The molecule has 0 fully saturated rings. The maximum absolute atomic E-state index is 13.0. The Morgan fingerprint density at radius 3 is 2.33 bits per heavy atom. The van der Waals surface area contributed by atoms with E-state index in [1.165, 1.54) is 15.8 Å². The fraction of sp³-hybridized carbons (Fsp3) is 0.222. The smallest absolute Gasteiger partial charge is 0.263 e. The topological polar surface area (TPSA) is 55.4 Å². The summed E-state index contributed by atoms with van der Waals surface area (Å²) in [4.78, 5) is 13.0. The molecule has 0 saturated carbocycles. The number of anilines is 1. The summed E-state index contributed by atoms with van der Waals surface area (Å²) >= 11 is 0. The molecule has 0 amide bonds. The minimum Gasteiger partial charge on any atom is -0.263 e. The lowest BCUT2D eigenvalue weighted by Gasteiger charge is -2.15. The molecule has 0 saturated heterocycles. The molecule has 33 heavy (non-hydrogen) atoms. The van der Waals surface area contributed by atoms with Crippen molar-refractivity contribution in [3.63, 3.8) is 0 Å². The molecular weight excluding hydrogens is 410 g/mol. The molecule has 166 valence electrons. The van der Waals surface area contributed by atoms with Crippen LogP contribution >= 0.6 is 0 Å². The molecule has 6 heteroatoms. The molecule has 4 aromatic rings. The summed E-state index contributed by atoms with van der Waals surface area (Å²) in [6.07, 6.45) is 0. The highest BCUT2D eigenvalue weighted by atomic mass is 16.2. The molecule has 1 unspecified atom stereocenters. The first-order chi connectivity index (χ1) is 16.0. The molecule has 3 aromatic carbocycles. The number of aromatic nitrogens is 3. The largest absolute Gasteiger partial charge is 0.347 e. The molecule has 0 spiro atoms. The number of benzene rings is 3. The highest BCUT2D eigenvalue weighted by molar-refractivity contribution is 6.07. The van der Waals surface area contributed by atoms with Crippen molar-refractivity contribution in [2.24, 2.45) is 12.1 Å². The standard InChI is InChI=1S/C27H27N5O/c1-19-13-15-22(16-14-19)25-24(21-10-5-4-6-11-21)18-31(28-25)26-29-32(27(33)30(26)3)17-23-12-8-7-9-20(23)2/h4-16,24H,17-18H2,1-3H3. The molecule has 1 aliphatic rings. The zero-order chi connectivity index (χ0) is 22.9. The molecule has 1 aromatic heterocycles. The van der Waals surface area contributed by atoms with E-state index >= 15 is 0 Å². The van der Waals surface area contributed by atoms with Gasteiger partial charge in [0.25, 0.3) is 0 Å². The third-order valence-corrected chi connectivity index (χ3v) is 6.29. The number of hydrazone groups is 1. The third-order valence-electron chi connectivity index (χ3n) is 6.29. The van der Waals surface area contributed by atoms with E-state index in [0.29, 0.717) is 19.0 Å².